The molecule has 25 heavy (non-hydrogen) atoms. The number of likely N-dealkylation sites (tertiary alicyclic amines) is 1. The van der Waals surface area contributed by atoms with Crippen molar-refractivity contribution in [2.24, 2.45) is 0 Å². The van der Waals surface area contributed by atoms with Gasteiger partial charge >= 0.3 is 6.03 Å². The van der Waals surface area contributed by atoms with Crippen molar-refractivity contribution in [1.82, 2.24) is 15.5 Å². The standard InChI is InChI=1S/C18H23N3O4/c22-17(20-18(23)19-13-4-5-13)11-21-7-1-2-14(21)12-3-6-15-16(10-12)25-9-8-24-15/h3,6,10,13-14H,1-2,4-5,7-9,11H2,(H2,19,20,22,23). The number of benzene rings is 1. The number of fused-ring (bicyclic) bond motifs is 1. The van der Waals surface area contributed by atoms with Gasteiger partial charge in [0.1, 0.15) is 13.2 Å². The van der Waals surface area contributed by atoms with Crippen molar-refractivity contribution in [3.8, 4) is 11.5 Å². The van der Waals surface area contributed by atoms with Gasteiger partial charge in [0.05, 0.1) is 6.54 Å². The largest absolute Gasteiger partial charge is 0.486 e. The molecule has 134 valence electrons. The van der Waals surface area contributed by atoms with Gasteiger partial charge in [-0.3, -0.25) is 15.0 Å². The van der Waals surface area contributed by atoms with Crippen LogP contribution in [-0.2, 0) is 4.79 Å². The summed E-state index contributed by atoms with van der Waals surface area (Å²) in [5.41, 5.74) is 1.12. The number of ether oxygens (including phenoxy) is 2. The molecule has 1 saturated heterocycles. The van der Waals surface area contributed by atoms with Crippen molar-refractivity contribution in [3.63, 3.8) is 0 Å². The monoisotopic (exact) mass is 345 g/mol. The molecule has 4 rings (SSSR count). The van der Waals surface area contributed by atoms with Gasteiger partial charge in [-0.2, -0.15) is 0 Å². The molecular weight excluding hydrogens is 322 g/mol. The van der Waals surface area contributed by atoms with Gasteiger partial charge in [-0.25, -0.2) is 4.79 Å². The maximum absolute atomic E-state index is 12.2. The smallest absolute Gasteiger partial charge is 0.321 e. The minimum Gasteiger partial charge on any atom is -0.486 e. The van der Waals surface area contributed by atoms with Crippen molar-refractivity contribution in [2.75, 3.05) is 26.3 Å². The molecule has 7 heteroatoms. The molecule has 3 aliphatic rings. The first-order valence-corrected chi connectivity index (χ1v) is 8.93. The Bertz CT molecular complexity index is 674. The number of carbonyl (C=O) groups excluding carboxylic acids is 2. The van der Waals surface area contributed by atoms with E-state index in [-0.39, 0.29) is 30.6 Å². The fourth-order valence-corrected chi connectivity index (χ4v) is 3.46. The topological polar surface area (TPSA) is 79.9 Å². The van der Waals surface area contributed by atoms with Gasteiger partial charge in [0.25, 0.3) is 0 Å². The third-order valence-corrected chi connectivity index (χ3v) is 4.83. The van der Waals surface area contributed by atoms with Crippen LogP contribution < -0.4 is 20.1 Å². The SMILES string of the molecule is O=C(CN1CCCC1c1ccc2c(c1)OCCO2)NC(=O)NC1CC1. The predicted octanol–water partition coefficient (Wildman–Crippen LogP) is 1.58. The molecule has 0 aromatic heterocycles. The average molecular weight is 345 g/mol. The number of carbonyl (C=O) groups is 2. The second-order valence-corrected chi connectivity index (χ2v) is 6.83. The van der Waals surface area contributed by atoms with Gasteiger partial charge in [-0.15, -0.1) is 0 Å². The molecule has 1 aliphatic carbocycles. The molecule has 1 aromatic carbocycles. The molecule has 1 unspecified atom stereocenters. The third-order valence-electron chi connectivity index (χ3n) is 4.83. The van der Waals surface area contributed by atoms with Gasteiger partial charge < -0.3 is 14.8 Å². The zero-order chi connectivity index (χ0) is 17.2. The maximum atomic E-state index is 12.2. The van der Waals surface area contributed by atoms with E-state index in [2.05, 4.69) is 15.5 Å². The average Bonchev–Trinajstić information content (AvgIpc) is 3.29. The molecule has 2 fully saturated rings. The Morgan fingerprint density at radius 3 is 2.72 bits per heavy atom. The molecule has 1 aromatic rings. The summed E-state index contributed by atoms with van der Waals surface area (Å²) in [5, 5.41) is 5.19. The van der Waals surface area contributed by atoms with Crippen molar-refractivity contribution >= 4 is 11.9 Å². The van der Waals surface area contributed by atoms with Crippen molar-refractivity contribution < 1.29 is 19.1 Å². The summed E-state index contributed by atoms with van der Waals surface area (Å²) in [6.45, 7) is 2.20. The first kappa shape index (κ1) is 16.2. The summed E-state index contributed by atoms with van der Waals surface area (Å²) in [7, 11) is 0. The van der Waals surface area contributed by atoms with E-state index >= 15 is 0 Å². The second kappa shape index (κ2) is 6.92. The highest BCUT2D eigenvalue weighted by molar-refractivity contribution is 5.95. The number of nitrogens with zero attached hydrogens (tertiary/aromatic N) is 1. The van der Waals surface area contributed by atoms with Gasteiger partial charge in [0, 0.05) is 12.1 Å². The summed E-state index contributed by atoms with van der Waals surface area (Å²) in [4.78, 5) is 26.0. The van der Waals surface area contributed by atoms with Crippen LogP contribution in [0.1, 0.15) is 37.3 Å². The van der Waals surface area contributed by atoms with Crippen molar-refractivity contribution in [3.05, 3.63) is 23.8 Å². The highest BCUT2D eigenvalue weighted by Gasteiger charge is 2.30. The van der Waals surface area contributed by atoms with Crippen LogP contribution in [0.15, 0.2) is 18.2 Å². The molecule has 3 amide bonds. The minimum absolute atomic E-state index is 0.160. The second-order valence-electron chi connectivity index (χ2n) is 6.83. The summed E-state index contributed by atoms with van der Waals surface area (Å²) in [5.74, 6) is 1.28. The van der Waals surface area contributed by atoms with Crippen LogP contribution in [0.2, 0.25) is 0 Å². The molecule has 2 heterocycles. The Hall–Kier alpha value is -2.28. The quantitative estimate of drug-likeness (QED) is 0.866. The summed E-state index contributed by atoms with van der Waals surface area (Å²) < 4.78 is 11.2. The van der Waals surface area contributed by atoms with Crippen LogP contribution in [0.4, 0.5) is 4.79 Å². The number of hydrogen-bond acceptors (Lipinski definition) is 5. The number of imide groups is 1. The first-order valence-electron chi connectivity index (χ1n) is 8.93. The molecule has 7 nitrogen and oxygen atoms in total. The number of nitrogens with one attached hydrogen (secondary N) is 2. The zero-order valence-corrected chi connectivity index (χ0v) is 14.1. The lowest BCUT2D eigenvalue weighted by Crippen LogP contribution is -2.45. The van der Waals surface area contributed by atoms with Crippen molar-refractivity contribution in [2.45, 2.75) is 37.8 Å². The van der Waals surface area contributed by atoms with Crippen LogP contribution in [0.3, 0.4) is 0 Å². The molecule has 0 bridgehead atoms. The normalized spacial score (nSPS) is 22.5. The molecule has 1 saturated carbocycles. The van der Waals surface area contributed by atoms with Crippen LogP contribution in [0, 0.1) is 0 Å². The number of rotatable bonds is 4. The highest BCUT2D eigenvalue weighted by Crippen LogP contribution is 2.37. The molecule has 2 aliphatic heterocycles. The summed E-state index contributed by atoms with van der Waals surface area (Å²) >= 11 is 0. The fourth-order valence-electron chi connectivity index (χ4n) is 3.46. The van der Waals surface area contributed by atoms with Gasteiger partial charge in [-0.05, 0) is 49.9 Å². The van der Waals surface area contributed by atoms with E-state index in [0.717, 1.165) is 49.3 Å². The fraction of sp³-hybridized carbons (Fsp3) is 0.556. The Balaban J connectivity index is 1.38. The third kappa shape index (κ3) is 3.87. The van der Waals surface area contributed by atoms with E-state index in [4.69, 9.17) is 9.47 Å². The molecular formula is C18H23N3O4. The van der Waals surface area contributed by atoms with E-state index in [1.54, 1.807) is 0 Å². The van der Waals surface area contributed by atoms with E-state index in [1.807, 2.05) is 18.2 Å². The van der Waals surface area contributed by atoms with E-state index in [9.17, 15) is 9.59 Å². The predicted molar refractivity (Wildman–Crippen MR) is 90.7 cm³/mol. The van der Waals surface area contributed by atoms with E-state index < -0.39 is 0 Å². The highest BCUT2D eigenvalue weighted by atomic mass is 16.6. The molecule has 2 N–H and O–H groups in total. The Morgan fingerprint density at radius 2 is 1.92 bits per heavy atom. The van der Waals surface area contributed by atoms with Crippen LogP contribution in [0.5, 0.6) is 11.5 Å². The van der Waals surface area contributed by atoms with Crippen LogP contribution >= 0.6 is 0 Å². The van der Waals surface area contributed by atoms with Gasteiger partial charge in [-0.1, -0.05) is 6.07 Å². The van der Waals surface area contributed by atoms with Crippen LogP contribution in [-0.4, -0.2) is 49.2 Å². The van der Waals surface area contributed by atoms with Crippen molar-refractivity contribution in [1.29, 1.82) is 0 Å². The number of amides is 3. The Kier molecular flexibility index (Phi) is 4.48. The lowest BCUT2D eigenvalue weighted by Gasteiger charge is -2.26. The maximum Gasteiger partial charge on any atom is 0.321 e. The van der Waals surface area contributed by atoms with E-state index in [0.29, 0.717) is 13.2 Å². The molecule has 0 radical (unpaired) electrons. The summed E-state index contributed by atoms with van der Waals surface area (Å²) in [6.07, 6.45) is 4.02. The first-order chi connectivity index (χ1) is 12.2. The van der Waals surface area contributed by atoms with E-state index in [1.165, 1.54) is 0 Å². The molecule has 1 atom stereocenters. The number of urea groups is 1. The zero-order valence-electron chi connectivity index (χ0n) is 14.1. The Morgan fingerprint density at radius 1 is 1.12 bits per heavy atom. The Labute approximate surface area is 146 Å². The van der Waals surface area contributed by atoms with Gasteiger partial charge in [0.15, 0.2) is 11.5 Å². The lowest BCUT2D eigenvalue weighted by molar-refractivity contribution is -0.121. The minimum atomic E-state index is -0.387. The lowest BCUT2D eigenvalue weighted by atomic mass is 10.0. The molecule has 0 spiro atoms. The van der Waals surface area contributed by atoms with Crippen LogP contribution in [0.25, 0.3) is 0 Å². The van der Waals surface area contributed by atoms with Gasteiger partial charge in [0.2, 0.25) is 5.91 Å². The number of hydrogen-bond donors (Lipinski definition) is 2. The summed E-state index contributed by atoms with van der Waals surface area (Å²) in [6, 6.07) is 5.99.